The van der Waals surface area contributed by atoms with Crippen molar-refractivity contribution in [2.45, 2.75) is 4.90 Å². The first-order chi connectivity index (χ1) is 6.02. The highest BCUT2D eigenvalue weighted by Gasteiger charge is 2.07. The van der Waals surface area contributed by atoms with Gasteiger partial charge in [0.25, 0.3) is 0 Å². The van der Waals surface area contributed by atoms with Gasteiger partial charge in [-0.2, -0.15) is 0 Å². The minimum absolute atomic E-state index is 0.395. The standard InChI is InChI=1S/C8H10BrNO2S/c1-10(2)6-3-4-7(9)8(5-6)13(11)12/h3-5H,1-2H3,(H,11,12). The lowest BCUT2D eigenvalue weighted by molar-refractivity contribution is 0.564. The molecule has 0 aliphatic carbocycles. The number of benzene rings is 1. The van der Waals surface area contributed by atoms with Crippen molar-refractivity contribution in [3.63, 3.8) is 0 Å². The average Bonchev–Trinajstić information content (AvgIpc) is 2.04. The normalized spacial score (nSPS) is 12.6. The van der Waals surface area contributed by atoms with Gasteiger partial charge in [0.05, 0.1) is 4.90 Å². The van der Waals surface area contributed by atoms with Crippen molar-refractivity contribution in [3.8, 4) is 0 Å². The Morgan fingerprint density at radius 3 is 2.54 bits per heavy atom. The van der Waals surface area contributed by atoms with E-state index in [9.17, 15) is 4.21 Å². The molecule has 0 amide bonds. The molecule has 1 unspecified atom stereocenters. The van der Waals surface area contributed by atoms with E-state index in [2.05, 4.69) is 15.9 Å². The summed E-state index contributed by atoms with van der Waals surface area (Å²) in [4.78, 5) is 2.27. The Balaban J connectivity index is 3.19. The van der Waals surface area contributed by atoms with Gasteiger partial charge >= 0.3 is 0 Å². The number of rotatable bonds is 2. The Kier molecular flexibility index (Phi) is 3.47. The zero-order valence-electron chi connectivity index (χ0n) is 7.32. The predicted molar refractivity (Wildman–Crippen MR) is 57.5 cm³/mol. The maximum absolute atomic E-state index is 10.9. The van der Waals surface area contributed by atoms with Crippen LogP contribution in [0.5, 0.6) is 0 Å². The third-order valence-corrected chi connectivity index (χ3v) is 3.29. The second-order valence-corrected chi connectivity index (χ2v) is 4.55. The summed E-state index contributed by atoms with van der Waals surface area (Å²) in [5.41, 5.74) is 0.903. The van der Waals surface area contributed by atoms with Crippen molar-refractivity contribution >= 4 is 32.7 Å². The minimum Gasteiger partial charge on any atom is -0.378 e. The molecule has 0 fully saturated rings. The molecule has 0 radical (unpaired) electrons. The molecule has 1 N–H and O–H groups in total. The zero-order valence-corrected chi connectivity index (χ0v) is 9.72. The summed E-state index contributed by atoms with van der Waals surface area (Å²) in [5, 5.41) is 0. The van der Waals surface area contributed by atoms with Crippen LogP contribution in [0.3, 0.4) is 0 Å². The molecular weight excluding hydrogens is 254 g/mol. The highest BCUT2D eigenvalue weighted by atomic mass is 79.9. The number of hydrogen-bond acceptors (Lipinski definition) is 2. The number of hydrogen-bond donors (Lipinski definition) is 1. The molecule has 0 saturated heterocycles. The Bertz CT molecular complexity index is 341. The van der Waals surface area contributed by atoms with Crippen LogP contribution in [0.1, 0.15) is 0 Å². The molecule has 0 bridgehead atoms. The molecule has 5 heteroatoms. The van der Waals surface area contributed by atoms with E-state index in [0.29, 0.717) is 9.37 Å². The Morgan fingerprint density at radius 2 is 2.08 bits per heavy atom. The largest absolute Gasteiger partial charge is 0.378 e. The molecule has 0 aromatic heterocycles. The molecule has 1 rings (SSSR count). The van der Waals surface area contributed by atoms with E-state index < -0.39 is 11.1 Å². The Labute approximate surface area is 88.2 Å². The maximum atomic E-state index is 10.9. The van der Waals surface area contributed by atoms with E-state index in [4.69, 9.17) is 4.55 Å². The van der Waals surface area contributed by atoms with Crippen molar-refractivity contribution in [1.29, 1.82) is 0 Å². The average molecular weight is 264 g/mol. The van der Waals surface area contributed by atoms with Crippen LogP contribution in [0.15, 0.2) is 27.6 Å². The van der Waals surface area contributed by atoms with Gasteiger partial charge in [0.15, 0.2) is 11.1 Å². The quantitative estimate of drug-likeness (QED) is 0.831. The molecular formula is C8H10BrNO2S. The molecule has 0 aliphatic heterocycles. The van der Waals surface area contributed by atoms with Gasteiger partial charge in [0.2, 0.25) is 0 Å². The predicted octanol–water partition coefficient (Wildman–Crippen LogP) is 2.10. The van der Waals surface area contributed by atoms with Crippen LogP contribution in [0, 0.1) is 0 Å². The van der Waals surface area contributed by atoms with Crippen LogP contribution in [0.25, 0.3) is 0 Å². The first kappa shape index (κ1) is 10.7. The zero-order chi connectivity index (χ0) is 10.0. The minimum atomic E-state index is -1.94. The molecule has 1 aromatic carbocycles. The molecule has 0 aliphatic rings. The van der Waals surface area contributed by atoms with Gasteiger partial charge in [0.1, 0.15) is 0 Å². The Morgan fingerprint density at radius 1 is 1.46 bits per heavy atom. The third kappa shape index (κ3) is 2.52. The van der Waals surface area contributed by atoms with Crippen molar-refractivity contribution < 1.29 is 8.76 Å². The number of halogens is 1. The number of anilines is 1. The summed E-state index contributed by atoms with van der Waals surface area (Å²) in [6.07, 6.45) is 0. The lowest BCUT2D eigenvalue weighted by atomic mass is 10.3. The Hall–Kier alpha value is -0.390. The summed E-state index contributed by atoms with van der Waals surface area (Å²) in [6.45, 7) is 0. The lowest BCUT2D eigenvalue weighted by Gasteiger charge is -2.13. The van der Waals surface area contributed by atoms with Crippen LogP contribution in [0.4, 0.5) is 5.69 Å². The van der Waals surface area contributed by atoms with E-state index in [-0.39, 0.29) is 0 Å². The molecule has 0 spiro atoms. The van der Waals surface area contributed by atoms with Crippen LogP contribution in [-0.2, 0) is 11.1 Å². The van der Waals surface area contributed by atoms with Gasteiger partial charge in [-0.15, -0.1) is 0 Å². The van der Waals surface area contributed by atoms with E-state index in [1.165, 1.54) is 0 Å². The van der Waals surface area contributed by atoms with Crippen molar-refractivity contribution in [3.05, 3.63) is 22.7 Å². The third-order valence-electron chi connectivity index (χ3n) is 1.62. The summed E-state index contributed by atoms with van der Waals surface area (Å²) in [5.74, 6) is 0. The first-order valence-electron chi connectivity index (χ1n) is 3.60. The van der Waals surface area contributed by atoms with Gasteiger partial charge in [-0.1, -0.05) is 0 Å². The molecule has 13 heavy (non-hydrogen) atoms. The van der Waals surface area contributed by atoms with Gasteiger partial charge in [0, 0.05) is 24.3 Å². The van der Waals surface area contributed by atoms with Crippen molar-refractivity contribution in [2.75, 3.05) is 19.0 Å². The first-order valence-corrected chi connectivity index (χ1v) is 5.50. The van der Waals surface area contributed by atoms with E-state index in [1.807, 2.05) is 25.1 Å². The lowest BCUT2D eigenvalue weighted by Crippen LogP contribution is -2.09. The second kappa shape index (κ2) is 4.21. The second-order valence-electron chi connectivity index (χ2n) is 2.76. The van der Waals surface area contributed by atoms with Gasteiger partial charge in [-0.25, -0.2) is 4.21 Å². The van der Waals surface area contributed by atoms with Gasteiger partial charge < -0.3 is 9.45 Å². The van der Waals surface area contributed by atoms with E-state index >= 15 is 0 Å². The van der Waals surface area contributed by atoms with Crippen LogP contribution < -0.4 is 4.90 Å². The van der Waals surface area contributed by atoms with E-state index in [0.717, 1.165) is 5.69 Å². The molecule has 0 saturated carbocycles. The molecule has 3 nitrogen and oxygen atoms in total. The fourth-order valence-corrected chi connectivity index (χ4v) is 2.02. The molecule has 0 heterocycles. The molecule has 1 atom stereocenters. The van der Waals surface area contributed by atoms with Crippen molar-refractivity contribution in [1.82, 2.24) is 0 Å². The maximum Gasteiger partial charge on any atom is 0.187 e. The smallest absolute Gasteiger partial charge is 0.187 e. The van der Waals surface area contributed by atoms with Crippen LogP contribution in [0.2, 0.25) is 0 Å². The van der Waals surface area contributed by atoms with E-state index in [1.54, 1.807) is 12.1 Å². The van der Waals surface area contributed by atoms with Gasteiger partial charge in [-0.3, -0.25) is 0 Å². The van der Waals surface area contributed by atoms with Crippen LogP contribution in [-0.4, -0.2) is 22.9 Å². The highest BCUT2D eigenvalue weighted by molar-refractivity contribution is 9.10. The molecule has 1 aromatic rings. The fourth-order valence-electron chi connectivity index (χ4n) is 0.904. The summed E-state index contributed by atoms with van der Waals surface area (Å²) >= 11 is 1.27. The fraction of sp³-hybridized carbons (Fsp3) is 0.250. The monoisotopic (exact) mass is 263 g/mol. The highest BCUT2D eigenvalue weighted by Crippen LogP contribution is 2.24. The van der Waals surface area contributed by atoms with Gasteiger partial charge in [-0.05, 0) is 34.1 Å². The summed E-state index contributed by atoms with van der Waals surface area (Å²) < 4.78 is 20.4. The molecule has 72 valence electrons. The van der Waals surface area contributed by atoms with Crippen LogP contribution >= 0.6 is 15.9 Å². The van der Waals surface area contributed by atoms with Crippen molar-refractivity contribution in [2.24, 2.45) is 0 Å². The SMILES string of the molecule is CN(C)c1ccc(Br)c(S(=O)O)c1. The number of nitrogens with zero attached hydrogens (tertiary/aromatic N) is 1. The summed E-state index contributed by atoms with van der Waals surface area (Å²) in [7, 11) is 3.76. The summed E-state index contributed by atoms with van der Waals surface area (Å²) in [6, 6.07) is 5.32. The topological polar surface area (TPSA) is 40.5 Å².